The van der Waals surface area contributed by atoms with Crippen LogP contribution in [0, 0.1) is 0 Å². The highest BCUT2D eigenvalue weighted by molar-refractivity contribution is 5.82. The van der Waals surface area contributed by atoms with Gasteiger partial charge in [-0.25, -0.2) is 14.6 Å². The van der Waals surface area contributed by atoms with Crippen LogP contribution in [0.3, 0.4) is 0 Å². The number of hydrogen-bond donors (Lipinski definition) is 4. The number of urea groups is 1. The van der Waals surface area contributed by atoms with Gasteiger partial charge < -0.3 is 20.4 Å². The van der Waals surface area contributed by atoms with E-state index in [9.17, 15) is 9.59 Å². The minimum Gasteiger partial charge on any atom is -0.480 e. The van der Waals surface area contributed by atoms with Crippen LogP contribution in [0.4, 0.5) is 4.79 Å². The molecule has 4 N–H and O–H groups in total. The molecule has 0 fully saturated rings. The summed E-state index contributed by atoms with van der Waals surface area (Å²) in [5.41, 5.74) is 0. The topological polar surface area (TPSA) is 131 Å². The SMILES string of the molecule is CN(Cc1ncn[nH]1)C(=O)NC(CO)C(=O)O. The number of carbonyl (C=O) groups excluding carboxylic acids is 1. The average molecular weight is 243 g/mol. The second-order valence-corrected chi connectivity index (χ2v) is 3.31. The zero-order chi connectivity index (χ0) is 12.8. The third kappa shape index (κ3) is 3.72. The van der Waals surface area contributed by atoms with Crippen LogP contribution in [0.15, 0.2) is 6.33 Å². The van der Waals surface area contributed by atoms with Gasteiger partial charge in [-0.05, 0) is 0 Å². The van der Waals surface area contributed by atoms with E-state index in [1.165, 1.54) is 18.3 Å². The molecule has 0 aliphatic heterocycles. The Morgan fingerprint density at radius 3 is 2.82 bits per heavy atom. The maximum atomic E-state index is 11.5. The van der Waals surface area contributed by atoms with Crippen molar-refractivity contribution in [3.63, 3.8) is 0 Å². The van der Waals surface area contributed by atoms with E-state index in [-0.39, 0.29) is 6.54 Å². The molecule has 1 aromatic rings. The molecule has 9 heteroatoms. The second-order valence-electron chi connectivity index (χ2n) is 3.31. The van der Waals surface area contributed by atoms with Crippen LogP contribution in [0.1, 0.15) is 5.82 Å². The van der Waals surface area contributed by atoms with Gasteiger partial charge in [-0.1, -0.05) is 0 Å². The van der Waals surface area contributed by atoms with Crippen molar-refractivity contribution in [2.75, 3.05) is 13.7 Å². The average Bonchev–Trinajstić information content (AvgIpc) is 2.77. The summed E-state index contributed by atoms with van der Waals surface area (Å²) in [5, 5.41) is 25.7. The molecule has 0 saturated carbocycles. The van der Waals surface area contributed by atoms with Gasteiger partial charge in [0.2, 0.25) is 0 Å². The van der Waals surface area contributed by atoms with Gasteiger partial charge in [0.1, 0.15) is 12.2 Å². The lowest BCUT2D eigenvalue weighted by molar-refractivity contribution is -0.140. The number of aromatic nitrogens is 3. The van der Waals surface area contributed by atoms with Gasteiger partial charge in [0.25, 0.3) is 0 Å². The van der Waals surface area contributed by atoms with Gasteiger partial charge in [0.05, 0.1) is 13.2 Å². The van der Waals surface area contributed by atoms with Gasteiger partial charge in [-0.3, -0.25) is 5.10 Å². The molecule has 0 aliphatic rings. The predicted molar refractivity (Wildman–Crippen MR) is 54.9 cm³/mol. The van der Waals surface area contributed by atoms with Crippen LogP contribution in [-0.4, -0.2) is 62.0 Å². The van der Waals surface area contributed by atoms with Gasteiger partial charge in [0, 0.05) is 7.05 Å². The van der Waals surface area contributed by atoms with Crippen molar-refractivity contribution in [2.45, 2.75) is 12.6 Å². The van der Waals surface area contributed by atoms with Crippen molar-refractivity contribution in [2.24, 2.45) is 0 Å². The van der Waals surface area contributed by atoms with Crippen LogP contribution in [0.5, 0.6) is 0 Å². The molecular formula is C8H13N5O4. The Balaban J connectivity index is 2.49. The number of nitrogens with zero attached hydrogens (tertiary/aromatic N) is 3. The molecule has 0 spiro atoms. The molecule has 94 valence electrons. The number of amides is 2. The fourth-order valence-electron chi connectivity index (χ4n) is 1.05. The lowest BCUT2D eigenvalue weighted by Gasteiger charge is -2.19. The number of carboxylic acids is 1. The highest BCUT2D eigenvalue weighted by Crippen LogP contribution is 1.95. The highest BCUT2D eigenvalue weighted by atomic mass is 16.4. The molecular weight excluding hydrogens is 230 g/mol. The fraction of sp³-hybridized carbons (Fsp3) is 0.500. The molecule has 1 aromatic heterocycles. The molecule has 0 bridgehead atoms. The van der Waals surface area contributed by atoms with Crippen molar-refractivity contribution >= 4 is 12.0 Å². The standard InChI is InChI=1S/C8H13N5O4/c1-13(2-6-9-4-10-12-6)8(17)11-5(3-14)7(15)16/h4-5,14H,2-3H2,1H3,(H,11,17)(H,15,16)(H,9,10,12). The zero-order valence-electron chi connectivity index (χ0n) is 9.12. The van der Waals surface area contributed by atoms with Gasteiger partial charge in [-0.2, -0.15) is 5.10 Å². The van der Waals surface area contributed by atoms with Crippen LogP contribution in [-0.2, 0) is 11.3 Å². The first-order chi connectivity index (χ1) is 8.04. The number of aliphatic hydroxyl groups is 1. The number of aromatic amines is 1. The molecule has 0 aromatic carbocycles. The summed E-state index contributed by atoms with van der Waals surface area (Å²) >= 11 is 0. The smallest absolute Gasteiger partial charge is 0.328 e. The molecule has 1 unspecified atom stereocenters. The number of carboxylic acid groups (broad SMARTS) is 1. The van der Waals surface area contributed by atoms with Crippen molar-refractivity contribution in [1.82, 2.24) is 25.4 Å². The van der Waals surface area contributed by atoms with Gasteiger partial charge in [-0.15, -0.1) is 0 Å². The summed E-state index contributed by atoms with van der Waals surface area (Å²) < 4.78 is 0. The normalized spacial score (nSPS) is 11.9. The number of H-pyrrole nitrogens is 1. The Labute approximate surface area is 96.5 Å². The van der Waals surface area contributed by atoms with E-state index >= 15 is 0 Å². The van der Waals surface area contributed by atoms with E-state index in [0.29, 0.717) is 5.82 Å². The first-order valence-corrected chi connectivity index (χ1v) is 4.74. The second kappa shape index (κ2) is 5.80. The fourth-order valence-corrected chi connectivity index (χ4v) is 1.05. The minimum absolute atomic E-state index is 0.156. The van der Waals surface area contributed by atoms with Crippen molar-refractivity contribution < 1.29 is 19.8 Å². The summed E-state index contributed by atoms with van der Waals surface area (Å²) in [6, 6.07) is -1.94. The number of aliphatic carboxylic acids is 1. The molecule has 2 amide bonds. The quantitative estimate of drug-likeness (QED) is 0.492. The lowest BCUT2D eigenvalue weighted by Crippen LogP contribution is -2.48. The Morgan fingerprint density at radius 1 is 1.65 bits per heavy atom. The lowest BCUT2D eigenvalue weighted by atomic mass is 10.3. The van der Waals surface area contributed by atoms with E-state index in [2.05, 4.69) is 20.5 Å². The monoisotopic (exact) mass is 243 g/mol. The highest BCUT2D eigenvalue weighted by Gasteiger charge is 2.20. The molecule has 1 atom stereocenters. The summed E-state index contributed by atoms with van der Waals surface area (Å²) in [7, 11) is 1.47. The zero-order valence-corrected chi connectivity index (χ0v) is 9.12. The summed E-state index contributed by atoms with van der Waals surface area (Å²) in [6.07, 6.45) is 1.30. The van der Waals surface area contributed by atoms with E-state index in [0.717, 1.165) is 0 Å². The Hall–Kier alpha value is -2.16. The maximum absolute atomic E-state index is 11.5. The Morgan fingerprint density at radius 2 is 2.35 bits per heavy atom. The van der Waals surface area contributed by atoms with E-state index in [1.54, 1.807) is 0 Å². The Kier molecular flexibility index (Phi) is 4.40. The number of carbonyl (C=O) groups is 2. The summed E-state index contributed by atoms with van der Waals surface area (Å²) in [4.78, 5) is 27.1. The summed E-state index contributed by atoms with van der Waals surface area (Å²) in [6.45, 7) is -0.513. The largest absolute Gasteiger partial charge is 0.480 e. The molecule has 1 heterocycles. The molecule has 9 nitrogen and oxygen atoms in total. The molecule has 17 heavy (non-hydrogen) atoms. The summed E-state index contributed by atoms with van der Waals surface area (Å²) in [5.74, 6) is -0.826. The number of hydrogen-bond acceptors (Lipinski definition) is 5. The number of rotatable bonds is 5. The van der Waals surface area contributed by atoms with Crippen LogP contribution >= 0.6 is 0 Å². The van der Waals surface area contributed by atoms with Crippen LogP contribution in [0.25, 0.3) is 0 Å². The van der Waals surface area contributed by atoms with Crippen molar-refractivity contribution in [1.29, 1.82) is 0 Å². The third-order valence-electron chi connectivity index (χ3n) is 1.98. The molecule has 1 rings (SSSR count). The molecule has 0 aliphatic carbocycles. The Bertz CT molecular complexity index is 379. The van der Waals surface area contributed by atoms with E-state index < -0.39 is 24.6 Å². The number of aliphatic hydroxyl groups excluding tert-OH is 1. The first-order valence-electron chi connectivity index (χ1n) is 4.74. The van der Waals surface area contributed by atoms with E-state index in [1.807, 2.05) is 0 Å². The molecule has 0 radical (unpaired) electrons. The van der Waals surface area contributed by atoms with Gasteiger partial charge in [0.15, 0.2) is 6.04 Å². The van der Waals surface area contributed by atoms with Crippen LogP contribution in [0.2, 0.25) is 0 Å². The predicted octanol–water partition coefficient (Wildman–Crippen LogP) is -1.61. The minimum atomic E-state index is -1.32. The van der Waals surface area contributed by atoms with Crippen LogP contribution < -0.4 is 5.32 Å². The molecule has 0 saturated heterocycles. The van der Waals surface area contributed by atoms with Crippen molar-refractivity contribution in [3.8, 4) is 0 Å². The first kappa shape index (κ1) is 12.9. The number of nitrogens with one attached hydrogen (secondary N) is 2. The third-order valence-corrected chi connectivity index (χ3v) is 1.98. The van der Waals surface area contributed by atoms with Crippen molar-refractivity contribution in [3.05, 3.63) is 12.2 Å². The maximum Gasteiger partial charge on any atom is 0.328 e. The van der Waals surface area contributed by atoms with Gasteiger partial charge >= 0.3 is 12.0 Å². The van der Waals surface area contributed by atoms with E-state index in [4.69, 9.17) is 10.2 Å².